The molecule has 1 aromatic carbocycles. The largest absolute Gasteiger partial charge is 0.495 e. The number of carbonyl (C=O) groups is 1. The van der Waals surface area contributed by atoms with Crippen molar-refractivity contribution in [3.8, 4) is 22.9 Å². The van der Waals surface area contributed by atoms with Crippen molar-refractivity contribution < 1.29 is 9.53 Å². The van der Waals surface area contributed by atoms with E-state index in [2.05, 4.69) is 16.0 Å². The molecule has 0 spiro atoms. The molecule has 10 heteroatoms. The molecule has 33 heavy (non-hydrogen) atoms. The maximum atomic E-state index is 11.9. The van der Waals surface area contributed by atoms with Crippen LogP contribution in [0.1, 0.15) is 26.5 Å². The van der Waals surface area contributed by atoms with Crippen LogP contribution >= 0.6 is 22.9 Å². The van der Waals surface area contributed by atoms with E-state index in [4.69, 9.17) is 33.5 Å². The summed E-state index contributed by atoms with van der Waals surface area (Å²) >= 11 is 7.70. The Hall–Kier alpha value is -4.13. The Kier molecular flexibility index (Phi) is 5.87. The number of nitrogens with zero attached hydrogens (tertiary/aromatic N) is 3. The second kappa shape index (κ2) is 8.78. The molecule has 0 aliphatic rings. The van der Waals surface area contributed by atoms with Crippen LogP contribution in [-0.4, -0.2) is 23.0 Å². The van der Waals surface area contributed by atoms with Gasteiger partial charge in [0.25, 0.3) is 5.91 Å². The number of anilines is 2. The van der Waals surface area contributed by atoms with Crippen molar-refractivity contribution in [3.05, 3.63) is 63.2 Å². The number of rotatable bonds is 5. The number of nitrogens with two attached hydrogens (primary N) is 3. The number of halogens is 1. The van der Waals surface area contributed by atoms with Crippen LogP contribution in [0, 0.1) is 11.3 Å². The molecule has 4 rings (SSSR count). The Balaban J connectivity index is 2.10. The van der Waals surface area contributed by atoms with Gasteiger partial charge < -0.3 is 21.9 Å². The fourth-order valence-corrected chi connectivity index (χ4v) is 4.76. The van der Waals surface area contributed by atoms with Crippen molar-refractivity contribution in [1.82, 2.24) is 9.97 Å². The van der Waals surface area contributed by atoms with E-state index in [0.717, 1.165) is 11.3 Å². The molecule has 0 fully saturated rings. The summed E-state index contributed by atoms with van der Waals surface area (Å²) < 4.78 is 5.39. The number of fused-ring (bicyclic) bond motifs is 1. The lowest BCUT2D eigenvalue weighted by Gasteiger charge is -2.15. The van der Waals surface area contributed by atoms with Crippen LogP contribution < -0.4 is 21.9 Å². The number of ether oxygens (including phenoxy) is 1. The average molecular weight is 477 g/mol. The molecular formula is C23H17ClN6O2S. The Bertz CT molecular complexity index is 1470. The highest BCUT2D eigenvalue weighted by Crippen LogP contribution is 2.46. The standard InChI is InChI=1S/C23H17ClN6O2S/c1-32-15-8-7-12(13(18(15)24)6-5-11-4-2-3-9-29-11)16-14(10-25)21(27)30-23-17(16)19(26)20(33-23)22(28)31/h2-9H,26H2,1H3,(H2,27,30)(H2,28,31)/b6-5+. The number of aromatic nitrogens is 2. The first-order valence-electron chi connectivity index (χ1n) is 9.54. The molecule has 3 aromatic heterocycles. The molecule has 0 saturated carbocycles. The van der Waals surface area contributed by atoms with E-state index < -0.39 is 5.91 Å². The molecular weight excluding hydrogens is 460 g/mol. The minimum Gasteiger partial charge on any atom is -0.495 e. The molecule has 4 aromatic rings. The van der Waals surface area contributed by atoms with Crippen molar-refractivity contribution >= 4 is 62.7 Å². The van der Waals surface area contributed by atoms with E-state index in [-0.39, 0.29) is 21.9 Å². The molecule has 0 aliphatic heterocycles. The van der Waals surface area contributed by atoms with Crippen molar-refractivity contribution in [2.24, 2.45) is 5.73 Å². The third-order valence-electron chi connectivity index (χ3n) is 4.98. The van der Waals surface area contributed by atoms with E-state index in [0.29, 0.717) is 43.4 Å². The number of amides is 1. The first-order valence-corrected chi connectivity index (χ1v) is 10.7. The lowest BCUT2D eigenvalue weighted by Crippen LogP contribution is -2.10. The summed E-state index contributed by atoms with van der Waals surface area (Å²) in [6.45, 7) is 0. The Morgan fingerprint density at radius 3 is 2.67 bits per heavy atom. The average Bonchev–Trinajstić information content (AvgIpc) is 3.14. The number of benzene rings is 1. The molecule has 1 amide bonds. The Labute approximate surface area is 197 Å². The second-order valence-electron chi connectivity index (χ2n) is 6.88. The van der Waals surface area contributed by atoms with Crippen molar-refractivity contribution in [1.29, 1.82) is 5.26 Å². The Morgan fingerprint density at radius 2 is 2.03 bits per heavy atom. The normalized spacial score (nSPS) is 11.1. The summed E-state index contributed by atoms with van der Waals surface area (Å²) in [6.07, 6.45) is 5.22. The number of thiophene rings is 1. The van der Waals surface area contributed by atoms with Crippen LogP contribution in [0.5, 0.6) is 5.75 Å². The van der Waals surface area contributed by atoms with E-state index in [1.54, 1.807) is 30.5 Å². The number of nitriles is 1. The minimum atomic E-state index is -0.693. The molecule has 8 nitrogen and oxygen atoms in total. The summed E-state index contributed by atoms with van der Waals surface area (Å²) in [5.41, 5.74) is 20.4. The molecule has 3 heterocycles. The highest BCUT2D eigenvalue weighted by atomic mass is 35.5. The number of methoxy groups -OCH3 is 1. The van der Waals surface area contributed by atoms with E-state index in [1.165, 1.54) is 7.11 Å². The van der Waals surface area contributed by atoms with Gasteiger partial charge in [-0.1, -0.05) is 23.7 Å². The maximum absolute atomic E-state index is 11.9. The van der Waals surface area contributed by atoms with Crippen LogP contribution in [0.15, 0.2) is 36.5 Å². The number of pyridine rings is 2. The second-order valence-corrected chi connectivity index (χ2v) is 8.26. The first kappa shape index (κ1) is 22.1. The maximum Gasteiger partial charge on any atom is 0.260 e. The molecule has 0 atom stereocenters. The van der Waals surface area contributed by atoms with E-state index in [1.807, 2.05) is 18.2 Å². The van der Waals surface area contributed by atoms with Gasteiger partial charge in [0.15, 0.2) is 0 Å². The highest BCUT2D eigenvalue weighted by molar-refractivity contribution is 7.21. The molecule has 0 saturated heterocycles. The fraction of sp³-hybridized carbons (Fsp3) is 0.0435. The predicted octanol–water partition coefficient (Wildman–Crippen LogP) is 4.33. The number of carbonyl (C=O) groups excluding carboxylic acids is 1. The minimum absolute atomic E-state index is 0.00358. The molecule has 0 unspecified atom stereocenters. The fourth-order valence-electron chi connectivity index (χ4n) is 3.49. The van der Waals surface area contributed by atoms with Gasteiger partial charge in [0.2, 0.25) is 0 Å². The molecule has 0 bridgehead atoms. The van der Waals surface area contributed by atoms with Crippen LogP contribution in [-0.2, 0) is 0 Å². The van der Waals surface area contributed by atoms with Gasteiger partial charge in [0, 0.05) is 22.7 Å². The summed E-state index contributed by atoms with van der Waals surface area (Å²) in [5, 5.41) is 10.6. The topological polar surface area (TPSA) is 154 Å². The van der Waals surface area contributed by atoms with Crippen molar-refractivity contribution in [2.75, 3.05) is 18.6 Å². The van der Waals surface area contributed by atoms with E-state index >= 15 is 0 Å². The third-order valence-corrected chi connectivity index (χ3v) is 6.49. The van der Waals surface area contributed by atoms with Gasteiger partial charge in [-0.25, -0.2) is 4.98 Å². The third kappa shape index (κ3) is 3.82. The molecule has 6 N–H and O–H groups in total. The van der Waals surface area contributed by atoms with Gasteiger partial charge in [0.1, 0.15) is 32.9 Å². The van der Waals surface area contributed by atoms with Crippen LogP contribution in [0.2, 0.25) is 5.02 Å². The van der Waals surface area contributed by atoms with E-state index in [9.17, 15) is 10.1 Å². The number of hydrogen-bond donors (Lipinski definition) is 3. The van der Waals surface area contributed by atoms with Gasteiger partial charge in [-0.2, -0.15) is 5.26 Å². The quantitative estimate of drug-likeness (QED) is 0.387. The summed E-state index contributed by atoms with van der Waals surface area (Å²) in [4.78, 5) is 21.0. The van der Waals surface area contributed by atoms with Crippen LogP contribution in [0.25, 0.3) is 33.5 Å². The summed E-state index contributed by atoms with van der Waals surface area (Å²) in [6, 6.07) is 11.0. The zero-order valence-electron chi connectivity index (χ0n) is 17.3. The predicted molar refractivity (Wildman–Crippen MR) is 132 cm³/mol. The Morgan fingerprint density at radius 1 is 1.24 bits per heavy atom. The lowest BCUT2D eigenvalue weighted by atomic mass is 9.92. The number of primary amides is 1. The SMILES string of the molecule is COc1ccc(-c2c(C#N)c(N)nc3sc(C(N)=O)c(N)c23)c(/C=C/c2ccccn2)c1Cl. The number of hydrogen-bond acceptors (Lipinski definition) is 8. The monoisotopic (exact) mass is 476 g/mol. The number of nitrogen functional groups attached to an aromatic ring is 2. The summed E-state index contributed by atoms with van der Waals surface area (Å²) in [7, 11) is 1.51. The smallest absolute Gasteiger partial charge is 0.260 e. The van der Waals surface area contributed by atoms with Gasteiger partial charge in [-0.15, -0.1) is 11.3 Å². The molecule has 164 valence electrons. The van der Waals surface area contributed by atoms with Crippen LogP contribution in [0.3, 0.4) is 0 Å². The van der Waals surface area contributed by atoms with Gasteiger partial charge in [-0.05, 0) is 35.9 Å². The van der Waals surface area contributed by atoms with Crippen molar-refractivity contribution in [2.45, 2.75) is 0 Å². The lowest BCUT2D eigenvalue weighted by molar-refractivity contribution is 0.100. The van der Waals surface area contributed by atoms with Gasteiger partial charge in [-0.3, -0.25) is 9.78 Å². The van der Waals surface area contributed by atoms with Crippen LogP contribution in [0.4, 0.5) is 11.5 Å². The molecule has 0 radical (unpaired) electrons. The summed E-state index contributed by atoms with van der Waals surface area (Å²) in [5.74, 6) is -0.251. The van der Waals surface area contributed by atoms with Gasteiger partial charge in [0.05, 0.1) is 23.5 Å². The van der Waals surface area contributed by atoms with Gasteiger partial charge >= 0.3 is 0 Å². The highest BCUT2D eigenvalue weighted by Gasteiger charge is 2.25. The zero-order chi connectivity index (χ0) is 23.7. The molecule has 0 aliphatic carbocycles. The zero-order valence-corrected chi connectivity index (χ0v) is 18.9. The van der Waals surface area contributed by atoms with Crippen molar-refractivity contribution in [3.63, 3.8) is 0 Å². The first-order chi connectivity index (χ1) is 15.9.